The third kappa shape index (κ3) is 2.40. The van der Waals surface area contributed by atoms with E-state index in [1.54, 1.807) is 18.7 Å². The molecule has 3 aromatic heterocycles. The van der Waals surface area contributed by atoms with Gasteiger partial charge in [-0.05, 0) is 25.1 Å². The molecule has 0 bridgehead atoms. The monoisotopic (exact) mass is 268 g/mol. The third-order valence-electron chi connectivity index (χ3n) is 3.20. The Labute approximate surface area is 117 Å². The van der Waals surface area contributed by atoms with E-state index in [2.05, 4.69) is 27.3 Å². The van der Waals surface area contributed by atoms with Crippen LogP contribution in [0, 0.1) is 0 Å². The largest absolute Gasteiger partial charge is 0.376 e. The summed E-state index contributed by atoms with van der Waals surface area (Å²) in [6, 6.07) is 6.14. The van der Waals surface area contributed by atoms with Crippen LogP contribution in [0.1, 0.15) is 18.7 Å². The van der Waals surface area contributed by atoms with Gasteiger partial charge in [0.25, 0.3) is 0 Å². The molecule has 1 unspecified atom stereocenters. The summed E-state index contributed by atoms with van der Waals surface area (Å²) >= 11 is 0. The molecule has 0 aliphatic rings. The summed E-state index contributed by atoms with van der Waals surface area (Å²) in [7, 11) is 1.94. The minimum absolute atomic E-state index is 0.170. The fraction of sp³-hybridized carbons (Fsp3) is 0.214. The molecule has 0 saturated carbocycles. The summed E-state index contributed by atoms with van der Waals surface area (Å²) < 4.78 is 3.74. The van der Waals surface area contributed by atoms with E-state index >= 15 is 0 Å². The SMILES string of the molecule is CC(Nc1ccc(-n2ccnc2)nc1)c1ccnn1C. The van der Waals surface area contributed by atoms with Crippen molar-refractivity contribution in [1.82, 2.24) is 24.3 Å². The van der Waals surface area contributed by atoms with Crippen molar-refractivity contribution in [3.05, 3.63) is 55.0 Å². The molecule has 20 heavy (non-hydrogen) atoms. The van der Waals surface area contributed by atoms with Gasteiger partial charge in [-0.25, -0.2) is 9.97 Å². The molecule has 0 aliphatic heterocycles. The third-order valence-corrected chi connectivity index (χ3v) is 3.20. The molecule has 6 heteroatoms. The molecule has 6 nitrogen and oxygen atoms in total. The van der Waals surface area contributed by atoms with Gasteiger partial charge in [0.2, 0.25) is 0 Å². The van der Waals surface area contributed by atoms with Gasteiger partial charge in [0.05, 0.1) is 23.6 Å². The molecule has 3 rings (SSSR count). The molecule has 0 amide bonds. The van der Waals surface area contributed by atoms with Gasteiger partial charge in [-0.3, -0.25) is 9.25 Å². The van der Waals surface area contributed by atoms with Crippen LogP contribution in [0.15, 0.2) is 49.3 Å². The predicted octanol–water partition coefficient (Wildman–Crippen LogP) is 2.17. The van der Waals surface area contributed by atoms with Crippen molar-refractivity contribution < 1.29 is 0 Å². The van der Waals surface area contributed by atoms with Crippen molar-refractivity contribution in [3.8, 4) is 5.82 Å². The molecule has 0 spiro atoms. The maximum atomic E-state index is 4.42. The first-order valence-electron chi connectivity index (χ1n) is 6.43. The van der Waals surface area contributed by atoms with Gasteiger partial charge in [-0.1, -0.05) is 0 Å². The Morgan fingerprint density at radius 1 is 1.20 bits per heavy atom. The van der Waals surface area contributed by atoms with E-state index in [1.165, 1.54) is 0 Å². The number of nitrogens with one attached hydrogen (secondary N) is 1. The maximum absolute atomic E-state index is 4.42. The van der Waals surface area contributed by atoms with E-state index in [4.69, 9.17) is 0 Å². The summed E-state index contributed by atoms with van der Waals surface area (Å²) in [4.78, 5) is 8.43. The van der Waals surface area contributed by atoms with Crippen molar-refractivity contribution in [2.45, 2.75) is 13.0 Å². The fourth-order valence-electron chi connectivity index (χ4n) is 2.15. The highest BCUT2D eigenvalue weighted by molar-refractivity contribution is 5.45. The van der Waals surface area contributed by atoms with E-state index in [1.807, 2.05) is 46.9 Å². The molecular weight excluding hydrogens is 252 g/mol. The first-order valence-corrected chi connectivity index (χ1v) is 6.43. The number of imidazole rings is 1. The van der Waals surface area contributed by atoms with E-state index in [-0.39, 0.29) is 6.04 Å². The van der Waals surface area contributed by atoms with Crippen LogP contribution >= 0.6 is 0 Å². The second-order valence-corrected chi connectivity index (χ2v) is 4.62. The zero-order valence-corrected chi connectivity index (χ0v) is 11.4. The van der Waals surface area contributed by atoms with E-state index in [9.17, 15) is 0 Å². The number of hydrogen-bond acceptors (Lipinski definition) is 4. The van der Waals surface area contributed by atoms with Crippen molar-refractivity contribution >= 4 is 5.69 Å². The number of anilines is 1. The Hall–Kier alpha value is -2.63. The van der Waals surface area contributed by atoms with Crippen LogP contribution in [0.25, 0.3) is 5.82 Å². The van der Waals surface area contributed by atoms with Crippen LogP contribution in [0.4, 0.5) is 5.69 Å². The molecular formula is C14H16N6. The van der Waals surface area contributed by atoms with Gasteiger partial charge >= 0.3 is 0 Å². The topological polar surface area (TPSA) is 60.6 Å². The first kappa shape index (κ1) is 12.4. The highest BCUT2D eigenvalue weighted by Crippen LogP contribution is 2.18. The average Bonchev–Trinajstić information content (AvgIpc) is 3.10. The number of rotatable bonds is 4. The van der Waals surface area contributed by atoms with Crippen molar-refractivity contribution in [3.63, 3.8) is 0 Å². The summed E-state index contributed by atoms with van der Waals surface area (Å²) in [5.41, 5.74) is 2.10. The van der Waals surface area contributed by atoms with Crippen molar-refractivity contribution in [2.75, 3.05) is 5.32 Å². The minimum atomic E-state index is 0.170. The molecule has 0 radical (unpaired) electrons. The zero-order chi connectivity index (χ0) is 13.9. The van der Waals surface area contributed by atoms with Crippen LogP contribution in [0.2, 0.25) is 0 Å². The molecule has 0 aromatic carbocycles. The summed E-state index contributed by atoms with van der Waals surface area (Å²) in [5, 5.41) is 7.59. The highest BCUT2D eigenvalue weighted by Gasteiger charge is 2.09. The van der Waals surface area contributed by atoms with E-state index < -0.39 is 0 Å². The molecule has 3 heterocycles. The lowest BCUT2D eigenvalue weighted by Gasteiger charge is -2.15. The number of pyridine rings is 1. The molecule has 1 atom stereocenters. The Balaban J connectivity index is 1.74. The molecule has 1 N–H and O–H groups in total. The Bertz CT molecular complexity index is 668. The van der Waals surface area contributed by atoms with Gasteiger partial charge < -0.3 is 5.32 Å². The average molecular weight is 268 g/mol. The van der Waals surface area contributed by atoms with Gasteiger partial charge in [0.1, 0.15) is 12.1 Å². The number of aromatic nitrogens is 5. The smallest absolute Gasteiger partial charge is 0.137 e. The minimum Gasteiger partial charge on any atom is -0.376 e. The summed E-state index contributed by atoms with van der Waals surface area (Å²) in [6.07, 6.45) is 8.95. The number of hydrogen-bond donors (Lipinski definition) is 1. The Morgan fingerprint density at radius 3 is 2.70 bits per heavy atom. The normalized spacial score (nSPS) is 12.3. The van der Waals surface area contributed by atoms with E-state index in [0.29, 0.717) is 0 Å². The van der Waals surface area contributed by atoms with Gasteiger partial charge in [-0.15, -0.1) is 0 Å². The van der Waals surface area contributed by atoms with Gasteiger partial charge in [0, 0.05) is 25.6 Å². The lowest BCUT2D eigenvalue weighted by Crippen LogP contribution is -2.11. The predicted molar refractivity (Wildman–Crippen MR) is 76.6 cm³/mol. The summed E-state index contributed by atoms with van der Waals surface area (Å²) in [6.45, 7) is 2.10. The second-order valence-electron chi connectivity index (χ2n) is 4.62. The molecule has 102 valence electrons. The van der Waals surface area contributed by atoms with Crippen LogP contribution < -0.4 is 5.32 Å². The lowest BCUT2D eigenvalue weighted by atomic mass is 10.2. The summed E-state index contributed by atoms with van der Waals surface area (Å²) in [5.74, 6) is 0.848. The van der Waals surface area contributed by atoms with Crippen LogP contribution in [0.3, 0.4) is 0 Å². The van der Waals surface area contributed by atoms with Crippen molar-refractivity contribution in [1.29, 1.82) is 0 Å². The lowest BCUT2D eigenvalue weighted by molar-refractivity contribution is 0.675. The van der Waals surface area contributed by atoms with E-state index in [0.717, 1.165) is 17.2 Å². The van der Waals surface area contributed by atoms with Gasteiger partial charge in [-0.2, -0.15) is 5.10 Å². The highest BCUT2D eigenvalue weighted by atomic mass is 15.3. The standard InChI is InChI=1S/C14H16N6/c1-11(13-5-6-17-19(13)2)18-12-3-4-14(16-9-12)20-8-7-15-10-20/h3-11,18H,1-2H3. The van der Waals surface area contributed by atoms with Crippen molar-refractivity contribution in [2.24, 2.45) is 7.05 Å². The molecule has 3 aromatic rings. The first-order chi connectivity index (χ1) is 9.74. The second kappa shape index (κ2) is 5.16. The zero-order valence-electron chi connectivity index (χ0n) is 11.4. The number of nitrogens with zero attached hydrogens (tertiary/aromatic N) is 5. The van der Waals surface area contributed by atoms with Crippen LogP contribution in [-0.4, -0.2) is 24.3 Å². The molecule has 0 aliphatic carbocycles. The fourth-order valence-corrected chi connectivity index (χ4v) is 2.15. The Morgan fingerprint density at radius 2 is 2.10 bits per heavy atom. The molecule has 0 saturated heterocycles. The van der Waals surface area contributed by atoms with Gasteiger partial charge in [0.15, 0.2) is 0 Å². The quantitative estimate of drug-likeness (QED) is 0.787. The van der Waals surface area contributed by atoms with Crippen LogP contribution in [0.5, 0.6) is 0 Å². The van der Waals surface area contributed by atoms with Crippen LogP contribution in [-0.2, 0) is 7.05 Å². The maximum Gasteiger partial charge on any atom is 0.137 e. The Kier molecular flexibility index (Phi) is 3.20. The number of aryl methyl sites for hydroxylation is 1. The molecule has 0 fully saturated rings.